The number of ether oxygens (including phenoxy) is 1. The fraction of sp³-hybridized carbons (Fsp3) is 0.762. The molecule has 7 heteroatoms. The third-order valence-electron chi connectivity index (χ3n) is 4.93. The molecule has 0 radical (unpaired) electrons. The molecule has 0 bridgehead atoms. The van der Waals surface area contributed by atoms with Gasteiger partial charge < -0.3 is 9.64 Å². The van der Waals surface area contributed by atoms with Crippen LogP contribution in [0.1, 0.15) is 84.0 Å². The van der Waals surface area contributed by atoms with Crippen molar-refractivity contribution in [3.8, 4) is 0 Å². The van der Waals surface area contributed by atoms with Gasteiger partial charge in [-0.1, -0.05) is 21.3 Å². The molecule has 1 aromatic rings. The van der Waals surface area contributed by atoms with Crippen molar-refractivity contribution < 1.29 is 14.3 Å². The van der Waals surface area contributed by atoms with Crippen molar-refractivity contribution >= 4 is 28.1 Å². The molecule has 1 saturated carbocycles. The molecule has 1 saturated heterocycles. The van der Waals surface area contributed by atoms with Crippen molar-refractivity contribution in [1.82, 2.24) is 14.7 Å². The smallest absolute Gasteiger partial charge is 0.209 e. The number of ketones is 1. The highest BCUT2D eigenvalue weighted by Gasteiger charge is 2.53. The number of hydrogen-bond donors (Lipinski definition) is 0. The van der Waals surface area contributed by atoms with Crippen molar-refractivity contribution in [2.75, 3.05) is 20.2 Å². The minimum Gasteiger partial charge on any atom is -0.379 e. The van der Waals surface area contributed by atoms with Crippen LogP contribution in [-0.4, -0.2) is 52.7 Å². The van der Waals surface area contributed by atoms with E-state index in [2.05, 4.69) is 21.0 Å². The van der Waals surface area contributed by atoms with Gasteiger partial charge in [-0.05, 0) is 56.5 Å². The van der Waals surface area contributed by atoms with E-state index in [0.717, 1.165) is 42.5 Å². The number of aromatic nitrogens is 2. The average molecular weight is 460 g/mol. The predicted octanol–water partition coefficient (Wildman–Crippen LogP) is 5.04. The van der Waals surface area contributed by atoms with Crippen LogP contribution in [0.3, 0.4) is 0 Å². The maximum Gasteiger partial charge on any atom is 0.209 e. The first-order chi connectivity index (χ1) is 12.5. The summed E-state index contributed by atoms with van der Waals surface area (Å²) in [6.45, 7) is 15.3. The largest absolute Gasteiger partial charge is 0.379 e. The monoisotopic (exact) mass is 459 g/mol. The van der Waals surface area contributed by atoms with Gasteiger partial charge in [-0.2, -0.15) is 5.10 Å². The predicted molar refractivity (Wildman–Crippen MR) is 118 cm³/mol. The molecular weight excluding hydrogens is 422 g/mol. The minimum atomic E-state index is -0.0152. The summed E-state index contributed by atoms with van der Waals surface area (Å²) in [6.07, 6.45) is 3.01. The van der Waals surface area contributed by atoms with Gasteiger partial charge in [0, 0.05) is 32.5 Å². The zero-order valence-corrected chi connectivity index (χ0v) is 19.5. The zero-order chi connectivity index (χ0) is 21.0. The highest BCUT2D eigenvalue weighted by atomic mass is 79.9. The van der Waals surface area contributed by atoms with Crippen LogP contribution in [0.2, 0.25) is 0 Å². The molecule has 0 aromatic carbocycles. The fourth-order valence-electron chi connectivity index (χ4n) is 3.34. The number of carbonyl (C=O) groups excluding carboxylic acids is 2. The Balaban J connectivity index is 0.000000702. The van der Waals surface area contributed by atoms with E-state index in [4.69, 9.17) is 4.74 Å². The van der Waals surface area contributed by atoms with Gasteiger partial charge in [0.25, 0.3) is 0 Å². The number of nitrogens with zero attached hydrogens (tertiary/aromatic N) is 3. The van der Waals surface area contributed by atoms with Gasteiger partial charge in [-0.25, -0.2) is 0 Å². The van der Waals surface area contributed by atoms with Crippen LogP contribution in [0.5, 0.6) is 0 Å². The Bertz CT molecular complexity index is 651. The van der Waals surface area contributed by atoms with Crippen molar-refractivity contribution in [2.24, 2.45) is 5.41 Å². The normalized spacial score (nSPS) is 17.1. The molecule has 1 aromatic heterocycles. The number of carbonyl (C=O) groups is 2. The Hall–Kier alpha value is -1.21. The van der Waals surface area contributed by atoms with Gasteiger partial charge >= 0.3 is 0 Å². The van der Waals surface area contributed by atoms with E-state index in [9.17, 15) is 9.59 Å². The molecule has 2 fully saturated rings. The van der Waals surface area contributed by atoms with Crippen molar-refractivity contribution in [3.05, 3.63) is 15.9 Å². The summed E-state index contributed by atoms with van der Waals surface area (Å²) in [7, 11) is 1.71. The Morgan fingerprint density at radius 2 is 1.75 bits per heavy atom. The lowest BCUT2D eigenvalue weighted by molar-refractivity contribution is -0.140. The molecule has 1 aliphatic heterocycles. The van der Waals surface area contributed by atoms with E-state index >= 15 is 0 Å². The maximum atomic E-state index is 11.5. The van der Waals surface area contributed by atoms with E-state index in [-0.39, 0.29) is 18.8 Å². The van der Waals surface area contributed by atoms with Crippen LogP contribution in [-0.2, 0) is 9.53 Å². The number of Topliss-reactive ketones (excluding diaryl/α,β-unsaturated/α-hetero) is 1. The van der Waals surface area contributed by atoms with Gasteiger partial charge in [0.05, 0.1) is 21.8 Å². The van der Waals surface area contributed by atoms with E-state index < -0.39 is 0 Å². The summed E-state index contributed by atoms with van der Waals surface area (Å²) < 4.78 is 7.71. The summed E-state index contributed by atoms with van der Waals surface area (Å²) in [4.78, 5) is 23.9. The van der Waals surface area contributed by atoms with Crippen LogP contribution in [0.4, 0.5) is 0 Å². The lowest BCUT2D eigenvalue weighted by Crippen LogP contribution is -2.61. The summed E-state index contributed by atoms with van der Waals surface area (Å²) in [5, 5.41) is 4.43. The first kappa shape index (κ1) is 26.8. The van der Waals surface area contributed by atoms with E-state index in [0.29, 0.717) is 17.2 Å². The van der Waals surface area contributed by atoms with E-state index in [1.807, 2.05) is 51.1 Å². The minimum absolute atomic E-state index is 0. The quantitative estimate of drug-likeness (QED) is 0.468. The molecule has 1 amide bonds. The highest BCUT2D eigenvalue weighted by Crippen LogP contribution is 2.54. The Kier molecular flexibility index (Phi) is 10.1. The van der Waals surface area contributed by atoms with Crippen LogP contribution in [0.25, 0.3) is 0 Å². The van der Waals surface area contributed by atoms with Crippen LogP contribution in [0.15, 0.2) is 4.47 Å². The first-order valence-corrected chi connectivity index (χ1v) is 10.3. The maximum absolute atomic E-state index is 11.5. The first-order valence-electron chi connectivity index (χ1n) is 9.52. The molecular formula is C21H38BrN3O3. The number of hydrogen-bond acceptors (Lipinski definition) is 4. The fourth-order valence-corrected chi connectivity index (χ4v) is 3.88. The van der Waals surface area contributed by atoms with Crippen LogP contribution < -0.4 is 0 Å². The van der Waals surface area contributed by atoms with Crippen LogP contribution in [0, 0.1) is 12.3 Å². The van der Waals surface area contributed by atoms with E-state index in [1.165, 1.54) is 6.92 Å². The topological polar surface area (TPSA) is 64.4 Å². The second kappa shape index (κ2) is 10.5. The summed E-state index contributed by atoms with van der Waals surface area (Å²) in [5.74, 6) is -0.0152. The molecule has 6 nitrogen and oxygen atoms in total. The molecule has 2 heterocycles. The molecule has 2 aliphatic rings. The highest BCUT2D eigenvalue weighted by molar-refractivity contribution is 9.10. The third kappa shape index (κ3) is 6.14. The SMILES string of the molecule is C.CC.CC(=O)c1nn(C2CC3(C2)CN(C=O)C3)c(C)c1Br.COC(C)(C)C. The summed E-state index contributed by atoms with van der Waals surface area (Å²) in [6, 6.07) is 0.359. The Labute approximate surface area is 179 Å². The standard InChI is InChI=1S/C13H16BrN3O2.C5H12O.C2H6.CH4/c1-8-11(14)12(9(2)19)15-17(8)10-3-13(4-10)5-16(6-13)7-18;1-5(2,3)6-4;1-2;/h7,10H,3-6H2,1-2H3;1-4H3;1-2H3;1H4. The number of rotatable bonds is 3. The van der Waals surface area contributed by atoms with Gasteiger partial charge in [-0.15, -0.1) is 0 Å². The van der Waals surface area contributed by atoms with Crippen molar-refractivity contribution in [2.45, 2.75) is 80.4 Å². The summed E-state index contributed by atoms with van der Waals surface area (Å²) in [5.41, 5.74) is 1.88. The van der Waals surface area contributed by atoms with E-state index in [1.54, 1.807) is 7.11 Å². The molecule has 0 unspecified atom stereocenters. The van der Waals surface area contributed by atoms with Gasteiger partial charge in [0.2, 0.25) is 6.41 Å². The molecule has 1 aliphatic carbocycles. The number of methoxy groups -OCH3 is 1. The number of halogens is 1. The van der Waals surface area contributed by atoms with Crippen LogP contribution >= 0.6 is 15.9 Å². The molecule has 28 heavy (non-hydrogen) atoms. The number of amides is 1. The second-order valence-corrected chi connectivity index (χ2v) is 8.93. The second-order valence-electron chi connectivity index (χ2n) is 8.14. The van der Waals surface area contributed by atoms with Gasteiger partial charge in [0.15, 0.2) is 5.78 Å². The molecule has 162 valence electrons. The van der Waals surface area contributed by atoms with Gasteiger partial charge in [-0.3, -0.25) is 14.3 Å². The van der Waals surface area contributed by atoms with Crippen molar-refractivity contribution in [3.63, 3.8) is 0 Å². The Morgan fingerprint density at radius 3 is 2.07 bits per heavy atom. The molecule has 3 rings (SSSR count). The zero-order valence-electron chi connectivity index (χ0n) is 17.9. The average Bonchev–Trinajstić information content (AvgIpc) is 2.83. The molecule has 0 atom stereocenters. The number of likely N-dealkylation sites (tertiary alicyclic amines) is 1. The van der Waals surface area contributed by atoms with Crippen molar-refractivity contribution in [1.29, 1.82) is 0 Å². The molecule has 0 N–H and O–H groups in total. The lowest BCUT2D eigenvalue weighted by Gasteiger charge is -2.58. The lowest BCUT2D eigenvalue weighted by atomic mass is 9.61. The summed E-state index contributed by atoms with van der Waals surface area (Å²) >= 11 is 3.44. The third-order valence-corrected chi connectivity index (χ3v) is 5.88. The molecule has 1 spiro atoms. The Morgan fingerprint density at radius 1 is 1.29 bits per heavy atom. The van der Waals surface area contributed by atoms with Gasteiger partial charge in [0.1, 0.15) is 5.69 Å².